The standard InChI is InChI=1S/C33H41N3O4/c1-23(8-7-19-33(20-21-33)32(39)40)34-31(38)30(26-11-5-6-12-26)27-15-13-24(14-16-27)22-36-29(37)18-17-28(35-36)25-9-3-2-4-10-25/h2-4,9-10,13-16,23,26,30H,5-8,11-12,17-22H2,1H3,(H,34,38)(H,39,40). The molecule has 7 nitrogen and oxygen atoms in total. The van der Waals surface area contributed by atoms with Gasteiger partial charge < -0.3 is 10.4 Å². The number of amides is 2. The molecular weight excluding hydrogens is 502 g/mol. The van der Waals surface area contributed by atoms with Gasteiger partial charge in [0.2, 0.25) is 11.8 Å². The van der Waals surface area contributed by atoms with Crippen LogP contribution in [-0.4, -0.2) is 39.7 Å². The van der Waals surface area contributed by atoms with Crippen LogP contribution in [0.15, 0.2) is 59.7 Å². The molecule has 2 unspecified atom stereocenters. The highest BCUT2D eigenvalue weighted by molar-refractivity contribution is 6.04. The molecule has 0 saturated heterocycles. The van der Waals surface area contributed by atoms with E-state index in [2.05, 4.69) is 10.4 Å². The van der Waals surface area contributed by atoms with E-state index in [4.69, 9.17) is 0 Å². The molecule has 7 heteroatoms. The molecule has 2 aliphatic carbocycles. The van der Waals surface area contributed by atoms with Crippen molar-refractivity contribution >= 4 is 23.5 Å². The van der Waals surface area contributed by atoms with Crippen molar-refractivity contribution in [3.8, 4) is 0 Å². The Bertz CT molecular complexity index is 1230. The van der Waals surface area contributed by atoms with Crippen LogP contribution in [0.3, 0.4) is 0 Å². The highest BCUT2D eigenvalue weighted by Gasteiger charge is 2.49. The van der Waals surface area contributed by atoms with Gasteiger partial charge in [0.05, 0.1) is 23.6 Å². The van der Waals surface area contributed by atoms with Crippen LogP contribution in [0.5, 0.6) is 0 Å². The van der Waals surface area contributed by atoms with Crippen LogP contribution in [-0.2, 0) is 20.9 Å². The van der Waals surface area contributed by atoms with E-state index in [0.717, 1.165) is 73.8 Å². The Hall–Kier alpha value is -3.48. The summed E-state index contributed by atoms with van der Waals surface area (Å²) in [5.74, 6) is -0.470. The quantitative estimate of drug-likeness (QED) is 0.342. The number of carboxylic acid groups (broad SMARTS) is 1. The number of carbonyl (C=O) groups excluding carboxylic acids is 2. The largest absolute Gasteiger partial charge is 0.481 e. The molecular formula is C33H41N3O4. The van der Waals surface area contributed by atoms with Gasteiger partial charge in [-0.3, -0.25) is 14.4 Å². The summed E-state index contributed by atoms with van der Waals surface area (Å²) in [5.41, 5.74) is 3.47. The molecule has 2 N–H and O–H groups in total. The first-order chi connectivity index (χ1) is 19.3. The zero-order valence-corrected chi connectivity index (χ0v) is 23.5. The maximum atomic E-state index is 13.6. The molecule has 2 amide bonds. The van der Waals surface area contributed by atoms with Gasteiger partial charge in [-0.2, -0.15) is 5.10 Å². The minimum absolute atomic E-state index is 0.00190. The summed E-state index contributed by atoms with van der Waals surface area (Å²) in [5, 5.41) is 18.9. The van der Waals surface area contributed by atoms with Crippen molar-refractivity contribution in [1.29, 1.82) is 0 Å². The van der Waals surface area contributed by atoms with Crippen LogP contribution < -0.4 is 5.32 Å². The molecule has 0 aromatic heterocycles. The molecule has 40 heavy (non-hydrogen) atoms. The second-order valence-corrected chi connectivity index (χ2v) is 12.0. The van der Waals surface area contributed by atoms with Gasteiger partial charge in [-0.25, -0.2) is 5.01 Å². The molecule has 212 valence electrons. The summed E-state index contributed by atoms with van der Waals surface area (Å²) < 4.78 is 0. The van der Waals surface area contributed by atoms with E-state index < -0.39 is 11.4 Å². The van der Waals surface area contributed by atoms with Crippen LogP contribution in [0.4, 0.5) is 0 Å². The van der Waals surface area contributed by atoms with Gasteiger partial charge in [-0.15, -0.1) is 0 Å². The van der Waals surface area contributed by atoms with E-state index in [-0.39, 0.29) is 23.8 Å². The average Bonchev–Trinajstić information content (AvgIpc) is 3.56. The van der Waals surface area contributed by atoms with Crippen molar-refractivity contribution in [3.05, 3.63) is 71.3 Å². The fraction of sp³-hybridized carbons (Fsp3) is 0.515. The molecule has 3 aliphatic rings. The maximum Gasteiger partial charge on any atom is 0.309 e. The molecule has 0 spiro atoms. The van der Waals surface area contributed by atoms with E-state index in [1.165, 1.54) is 0 Å². The lowest BCUT2D eigenvalue weighted by atomic mass is 9.83. The second-order valence-electron chi connectivity index (χ2n) is 12.0. The van der Waals surface area contributed by atoms with Crippen LogP contribution >= 0.6 is 0 Å². The van der Waals surface area contributed by atoms with E-state index in [1.54, 1.807) is 5.01 Å². The minimum atomic E-state index is -0.679. The van der Waals surface area contributed by atoms with Crippen molar-refractivity contribution in [2.45, 2.75) is 96.1 Å². The van der Waals surface area contributed by atoms with Crippen molar-refractivity contribution in [2.24, 2.45) is 16.4 Å². The third-order valence-electron chi connectivity index (χ3n) is 9.03. The number of rotatable bonds is 12. The van der Waals surface area contributed by atoms with Gasteiger partial charge in [0.15, 0.2) is 0 Å². The van der Waals surface area contributed by atoms with Gasteiger partial charge >= 0.3 is 5.97 Å². The van der Waals surface area contributed by atoms with Crippen LogP contribution in [0.1, 0.15) is 100 Å². The SMILES string of the molecule is CC(CCCC1(C(=O)O)CC1)NC(=O)C(c1ccc(CN2N=C(c3ccccc3)CCC2=O)cc1)C1CCCC1. The number of nitrogens with one attached hydrogen (secondary N) is 1. The molecule has 2 aromatic carbocycles. The zero-order chi connectivity index (χ0) is 28.1. The van der Waals surface area contributed by atoms with E-state index >= 15 is 0 Å². The van der Waals surface area contributed by atoms with Crippen molar-refractivity contribution < 1.29 is 19.5 Å². The summed E-state index contributed by atoms with van der Waals surface area (Å²) >= 11 is 0. The van der Waals surface area contributed by atoms with E-state index in [9.17, 15) is 19.5 Å². The number of benzene rings is 2. The van der Waals surface area contributed by atoms with Crippen molar-refractivity contribution in [2.75, 3.05) is 0 Å². The Balaban J connectivity index is 1.22. The molecule has 2 atom stereocenters. The molecule has 2 aromatic rings. The number of nitrogens with zero attached hydrogens (tertiary/aromatic N) is 2. The highest BCUT2D eigenvalue weighted by atomic mass is 16.4. The normalized spacial score (nSPS) is 20.1. The molecule has 2 saturated carbocycles. The first-order valence-corrected chi connectivity index (χ1v) is 14.9. The molecule has 0 bridgehead atoms. The molecule has 1 heterocycles. The Morgan fingerprint density at radius 1 is 1.05 bits per heavy atom. The van der Waals surface area contributed by atoms with Gasteiger partial charge in [0.25, 0.3) is 0 Å². The second kappa shape index (κ2) is 12.4. The van der Waals surface area contributed by atoms with Crippen molar-refractivity contribution in [3.63, 3.8) is 0 Å². The predicted octanol–water partition coefficient (Wildman–Crippen LogP) is 6.03. The first kappa shape index (κ1) is 28.1. The van der Waals surface area contributed by atoms with Gasteiger partial charge in [0.1, 0.15) is 0 Å². The third kappa shape index (κ3) is 6.62. The fourth-order valence-electron chi connectivity index (χ4n) is 6.37. The van der Waals surface area contributed by atoms with Gasteiger partial charge in [0, 0.05) is 18.9 Å². The summed E-state index contributed by atoms with van der Waals surface area (Å²) in [6, 6.07) is 18.1. The monoisotopic (exact) mass is 543 g/mol. The van der Waals surface area contributed by atoms with Gasteiger partial charge in [-0.1, -0.05) is 73.9 Å². The number of hydrazone groups is 1. The number of carboxylic acids is 1. The number of hydrogen-bond donors (Lipinski definition) is 2. The maximum absolute atomic E-state index is 13.6. The lowest BCUT2D eigenvalue weighted by molar-refractivity contribution is -0.143. The van der Waals surface area contributed by atoms with Crippen LogP contribution in [0, 0.1) is 11.3 Å². The lowest BCUT2D eigenvalue weighted by Crippen LogP contribution is -2.38. The number of carbonyl (C=O) groups is 3. The van der Waals surface area contributed by atoms with E-state index in [1.807, 2.05) is 61.5 Å². The molecule has 0 radical (unpaired) electrons. The Morgan fingerprint density at radius 3 is 2.40 bits per heavy atom. The minimum Gasteiger partial charge on any atom is -0.481 e. The summed E-state index contributed by atoms with van der Waals surface area (Å²) in [7, 11) is 0. The summed E-state index contributed by atoms with van der Waals surface area (Å²) in [6.45, 7) is 2.43. The van der Waals surface area contributed by atoms with E-state index in [0.29, 0.717) is 31.7 Å². The fourth-order valence-corrected chi connectivity index (χ4v) is 6.37. The Kier molecular flexibility index (Phi) is 8.67. The summed E-state index contributed by atoms with van der Waals surface area (Å²) in [6.07, 6.45) is 9.32. The predicted molar refractivity (Wildman–Crippen MR) is 155 cm³/mol. The molecule has 2 fully saturated rings. The van der Waals surface area contributed by atoms with Gasteiger partial charge in [-0.05, 0) is 68.1 Å². The van der Waals surface area contributed by atoms with Crippen molar-refractivity contribution in [1.82, 2.24) is 10.3 Å². The third-order valence-corrected chi connectivity index (χ3v) is 9.03. The Morgan fingerprint density at radius 2 is 1.75 bits per heavy atom. The molecule has 5 rings (SSSR count). The number of aliphatic carboxylic acids is 1. The summed E-state index contributed by atoms with van der Waals surface area (Å²) in [4.78, 5) is 37.6. The molecule has 1 aliphatic heterocycles. The smallest absolute Gasteiger partial charge is 0.309 e. The highest BCUT2D eigenvalue weighted by Crippen LogP contribution is 2.50. The average molecular weight is 544 g/mol. The Labute approximate surface area is 237 Å². The zero-order valence-electron chi connectivity index (χ0n) is 23.5. The van der Waals surface area contributed by atoms with Crippen LogP contribution in [0.25, 0.3) is 0 Å². The topological polar surface area (TPSA) is 99.1 Å². The number of hydrogen-bond acceptors (Lipinski definition) is 4. The van der Waals surface area contributed by atoms with Crippen LogP contribution in [0.2, 0.25) is 0 Å². The first-order valence-electron chi connectivity index (χ1n) is 14.9. The lowest BCUT2D eigenvalue weighted by Gasteiger charge is -2.26.